The molecule has 1 aromatic carbocycles. The van der Waals surface area contributed by atoms with Gasteiger partial charge in [-0.3, -0.25) is 0 Å². The largest absolute Gasteiger partial charge is 0.393 e. The Morgan fingerprint density at radius 3 is 3.00 bits per heavy atom. The fourth-order valence-electron chi connectivity index (χ4n) is 3.32. The summed E-state index contributed by atoms with van der Waals surface area (Å²) in [5.74, 6) is 0.174. The van der Waals surface area contributed by atoms with Crippen LogP contribution in [0.2, 0.25) is 0 Å². The highest BCUT2D eigenvalue weighted by Crippen LogP contribution is 2.25. The number of carbonyl (C=O) groups is 1. The maximum atomic E-state index is 12.0. The van der Waals surface area contributed by atoms with E-state index in [0.717, 1.165) is 42.4 Å². The van der Waals surface area contributed by atoms with Crippen LogP contribution in [0, 0.1) is 5.92 Å². The quantitative estimate of drug-likeness (QED) is 0.761. The monoisotopic (exact) mass is 331 g/mol. The van der Waals surface area contributed by atoms with Gasteiger partial charge in [0.25, 0.3) is 0 Å². The first-order valence-corrected chi connectivity index (χ1v) is 8.48. The van der Waals surface area contributed by atoms with Gasteiger partial charge in [-0.15, -0.1) is 0 Å². The molecular weight excluding hydrogens is 306 g/mol. The fourth-order valence-corrected chi connectivity index (χ4v) is 3.32. The Balaban J connectivity index is 1.57. The molecule has 6 heteroatoms. The Bertz CT molecular complexity index is 698. The molecule has 0 radical (unpaired) electrons. The van der Waals surface area contributed by atoms with E-state index in [2.05, 4.69) is 15.2 Å². The first kappa shape index (κ1) is 16.8. The number of aromatic nitrogens is 1. The van der Waals surface area contributed by atoms with E-state index >= 15 is 0 Å². The number of benzene rings is 1. The lowest BCUT2D eigenvalue weighted by atomic mass is 10.1. The summed E-state index contributed by atoms with van der Waals surface area (Å²) in [5, 5.41) is 16.6. The highest BCUT2D eigenvalue weighted by molar-refractivity contribution is 5.92. The van der Waals surface area contributed by atoms with Crippen molar-refractivity contribution in [2.75, 3.05) is 25.6 Å². The first-order valence-electron chi connectivity index (χ1n) is 8.48. The lowest BCUT2D eigenvalue weighted by molar-refractivity contribution is 0.133. The number of nitrogens with one attached hydrogen (secondary N) is 2. The highest BCUT2D eigenvalue weighted by Gasteiger charge is 2.25. The Labute approximate surface area is 141 Å². The molecule has 3 rings (SSSR count). The van der Waals surface area contributed by atoms with Crippen molar-refractivity contribution in [3.05, 3.63) is 30.5 Å². The van der Waals surface area contributed by atoms with Gasteiger partial charge in [-0.25, -0.2) is 4.79 Å². The molecule has 24 heavy (non-hydrogen) atoms. The van der Waals surface area contributed by atoms with Gasteiger partial charge in [0.2, 0.25) is 0 Å². The number of amides is 2. The molecule has 1 aromatic heterocycles. The molecular formula is C18H25N3O3. The van der Waals surface area contributed by atoms with Crippen molar-refractivity contribution < 1.29 is 14.6 Å². The molecule has 0 unspecified atom stereocenters. The SMILES string of the molecule is COCCn1ccc2cc(NC(=O)NC[C@@H]3CCC[C@@H]3O)ccc21. The van der Waals surface area contributed by atoms with Crippen LogP contribution in [0.5, 0.6) is 0 Å². The third-order valence-electron chi connectivity index (χ3n) is 4.71. The van der Waals surface area contributed by atoms with Crippen molar-refractivity contribution >= 4 is 22.6 Å². The summed E-state index contributed by atoms with van der Waals surface area (Å²) in [6.07, 6.45) is 4.59. The zero-order valence-electron chi connectivity index (χ0n) is 14.0. The third kappa shape index (κ3) is 3.88. The van der Waals surface area contributed by atoms with E-state index in [0.29, 0.717) is 13.2 Å². The van der Waals surface area contributed by atoms with Gasteiger partial charge >= 0.3 is 6.03 Å². The smallest absolute Gasteiger partial charge is 0.319 e. The maximum absolute atomic E-state index is 12.0. The first-order chi connectivity index (χ1) is 11.7. The second kappa shape index (κ2) is 7.68. The minimum atomic E-state index is -0.284. The van der Waals surface area contributed by atoms with E-state index in [9.17, 15) is 9.90 Å². The Morgan fingerprint density at radius 2 is 2.25 bits per heavy atom. The van der Waals surface area contributed by atoms with Crippen molar-refractivity contribution in [1.82, 2.24) is 9.88 Å². The summed E-state index contributed by atoms with van der Waals surface area (Å²) in [7, 11) is 1.69. The molecule has 6 nitrogen and oxygen atoms in total. The predicted octanol–water partition coefficient (Wildman–Crippen LogP) is 2.57. The summed E-state index contributed by atoms with van der Waals surface area (Å²) in [4.78, 5) is 12.0. The molecule has 2 atom stereocenters. The van der Waals surface area contributed by atoms with E-state index in [1.807, 2.05) is 30.5 Å². The standard InChI is InChI=1S/C18H25N3O3/c1-24-10-9-21-8-7-13-11-15(5-6-16(13)21)20-18(23)19-12-14-3-2-4-17(14)22/h5-8,11,14,17,22H,2-4,9-10,12H2,1H3,(H2,19,20,23)/t14-,17-/m0/s1. The van der Waals surface area contributed by atoms with Gasteiger partial charge in [0, 0.05) is 48.9 Å². The summed E-state index contributed by atoms with van der Waals surface area (Å²) < 4.78 is 7.24. The fraction of sp³-hybridized carbons (Fsp3) is 0.500. The predicted molar refractivity (Wildman–Crippen MR) is 94.2 cm³/mol. The van der Waals surface area contributed by atoms with E-state index in [1.165, 1.54) is 0 Å². The summed E-state index contributed by atoms with van der Waals surface area (Å²) in [6.45, 7) is 1.98. The lowest BCUT2D eigenvalue weighted by Crippen LogP contribution is -2.35. The van der Waals surface area contributed by atoms with Crippen LogP contribution in [0.15, 0.2) is 30.5 Å². The topological polar surface area (TPSA) is 75.5 Å². The van der Waals surface area contributed by atoms with Crippen LogP contribution in [0.4, 0.5) is 10.5 Å². The van der Waals surface area contributed by atoms with E-state index in [1.54, 1.807) is 7.11 Å². The number of hydrogen-bond donors (Lipinski definition) is 3. The Hall–Kier alpha value is -2.05. The van der Waals surface area contributed by atoms with Crippen molar-refractivity contribution in [1.29, 1.82) is 0 Å². The zero-order valence-corrected chi connectivity index (χ0v) is 14.0. The van der Waals surface area contributed by atoms with Crippen molar-refractivity contribution in [2.45, 2.75) is 31.9 Å². The molecule has 3 N–H and O–H groups in total. The normalized spacial score (nSPS) is 20.4. The van der Waals surface area contributed by atoms with Gasteiger partial charge in [0.05, 0.1) is 12.7 Å². The number of urea groups is 1. The van der Waals surface area contributed by atoms with Crippen molar-refractivity contribution in [3.63, 3.8) is 0 Å². The number of fused-ring (bicyclic) bond motifs is 1. The zero-order chi connectivity index (χ0) is 16.9. The average molecular weight is 331 g/mol. The number of nitrogens with zero attached hydrogens (tertiary/aromatic N) is 1. The minimum absolute atomic E-state index is 0.174. The number of anilines is 1. The van der Waals surface area contributed by atoms with Gasteiger partial charge in [-0.05, 0) is 37.1 Å². The summed E-state index contributed by atoms with van der Waals surface area (Å²) in [6, 6.07) is 7.66. The molecule has 2 amide bonds. The van der Waals surface area contributed by atoms with Crippen LogP contribution in [0.25, 0.3) is 10.9 Å². The van der Waals surface area contributed by atoms with Crippen LogP contribution in [0.3, 0.4) is 0 Å². The maximum Gasteiger partial charge on any atom is 0.319 e. The summed E-state index contributed by atoms with van der Waals surface area (Å²) >= 11 is 0. The van der Waals surface area contributed by atoms with Gasteiger partial charge in [-0.1, -0.05) is 6.42 Å². The van der Waals surface area contributed by atoms with E-state index < -0.39 is 0 Å². The van der Waals surface area contributed by atoms with Crippen LogP contribution in [-0.2, 0) is 11.3 Å². The van der Waals surface area contributed by atoms with Gasteiger partial charge < -0.3 is 25.0 Å². The Morgan fingerprint density at radius 1 is 1.38 bits per heavy atom. The molecule has 130 valence electrons. The molecule has 1 saturated carbocycles. The molecule has 1 fully saturated rings. The molecule has 1 aliphatic rings. The molecule has 0 saturated heterocycles. The minimum Gasteiger partial charge on any atom is -0.393 e. The number of hydrogen-bond acceptors (Lipinski definition) is 3. The molecule has 0 aliphatic heterocycles. The van der Waals surface area contributed by atoms with E-state index in [-0.39, 0.29) is 18.1 Å². The van der Waals surface area contributed by atoms with Crippen molar-refractivity contribution in [3.8, 4) is 0 Å². The second-order valence-electron chi connectivity index (χ2n) is 6.37. The van der Waals surface area contributed by atoms with Crippen LogP contribution in [-0.4, -0.2) is 42.1 Å². The average Bonchev–Trinajstić information content (AvgIpc) is 3.16. The number of rotatable bonds is 6. The highest BCUT2D eigenvalue weighted by atomic mass is 16.5. The van der Waals surface area contributed by atoms with Crippen LogP contribution < -0.4 is 10.6 Å². The number of aliphatic hydroxyl groups excluding tert-OH is 1. The number of methoxy groups -OCH3 is 1. The number of carbonyl (C=O) groups excluding carboxylic acids is 1. The van der Waals surface area contributed by atoms with E-state index in [4.69, 9.17) is 4.74 Å². The third-order valence-corrected chi connectivity index (χ3v) is 4.71. The Kier molecular flexibility index (Phi) is 5.37. The molecule has 0 spiro atoms. The van der Waals surface area contributed by atoms with Crippen LogP contribution >= 0.6 is 0 Å². The molecule has 2 aromatic rings. The van der Waals surface area contributed by atoms with Crippen molar-refractivity contribution in [2.24, 2.45) is 5.92 Å². The molecule has 1 aliphatic carbocycles. The summed E-state index contributed by atoms with van der Waals surface area (Å²) in [5.41, 5.74) is 1.88. The number of ether oxygens (including phenoxy) is 1. The number of aliphatic hydroxyl groups is 1. The van der Waals surface area contributed by atoms with Gasteiger partial charge in [-0.2, -0.15) is 0 Å². The molecule has 1 heterocycles. The van der Waals surface area contributed by atoms with Gasteiger partial charge in [0.1, 0.15) is 0 Å². The second-order valence-corrected chi connectivity index (χ2v) is 6.37. The van der Waals surface area contributed by atoms with Crippen LogP contribution in [0.1, 0.15) is 19.3 Å². The molecule has 0 bridgehead atoms. The van der Waals surface area contributed by atoms with Gasteiger partial charge in [0.15, 0.2) is 0 Å². The lowest BCUT2D eigenvalue weighted by Gasteiger charge is -2.15.